The van der Waals surface area contributed by atoms with Crippen molar-refractivity contribution in [2.75, 3.05) is 11.9 Å². The van der Waals surface area contributed by atoms with Crippen LogP contribution < -0.4 is 11.1 Å². The molecule has 0 spiro atoms. The highest BCUT2D eigenvalue weighted by Crippen LogP contribution is 2.30. The Bertz CT molecular complexity index is 507. The molecule has 2 unspecified atom stereocenters. The van der Waals surface area contributed by atoms with Gasteiger partial charge >= 0.3 is 0 Å². The van der Waals surface area contributed by atoms with E-state index < -0.39 is 5.91 Å². The Labute approximate surface area is 124 Å². The smallest absolute Gasteiger partial charge is 0.250 e. The van der Waals surface area contributed by atoms with Crippen molar-refractivity contribution in [3.8, 4) is 0 Å². The molecule has 1 aliphatic rings. The lowest BCUT2D eigenvalue weighted by Crippen LogP contribution is -2.41. The van der Waals surface area contributed by atoms with Crippen molar-refractivity contribution in [3.05, 3.63) is 28.8 Å². The molecule has 1 heterocycles. The highest BCUT2D eigenvalue weighted by molar-refractivity contribution is 6.33. The molecule has 110 valence electrons. The highest BCUT2D eigenvalue weighted by Gasteiger charge is 2.31. The van der Waals surface area contributed by atoms with E-state index >= 15 is 0 Å². The predicted molar refractivity (Wildman–Crippen MR) is 81.3 cm³/mol. The topological polar surface area (TPSA) is 64.3 Å². The van der Waals surface area contributed by atoms with E-state index in [-0.39, 0.29) is 5.60 Å². The van der Waals surface area contributed by atoms with Crippen LogP contribution in [0.2, 0.25) is 5.02 Å². The standard InChI is InChI=1S/C15H21ClN2O2/c1-3-15(2)9-11(6-7-20-15)18-10-4-5-13(16)12(8-10)14(17)19/h4-5,8,11,18H,3,6-7,9H2,1-2H3,(H2,17,19). The fourth-order valence-corrected chi connectivity index (χ4v) is 2.75. The maximum atomic E-state index is 11.3. The highest BCUT2D eigenvalue weighted by atomic mass is 35.5. The molecule has 0 aromatic heterocycles. The van der Waals surface area contributed by atoms with Gasteiger partial charge in [0.25, 0.3) is 0 Å². The van der Waals surface area contributed by atoms with Gasteiger partial charge in [0.05, 0.1) is 16.2 Å². The first kappa shape index (κ1) is 15.1. The number of rotatable bonds is 4. The molecule has 1 amide bonds. The number of anilines is 1. The van der Waals surface area contributed by atoms with Crippen LogP contribution in [0, 0.1) is 0 Å². The molecule has 2 rings (SSSR count). The molecule has 3 N–H and O–H groups in total. The number of halogens is 1. The molecule has 0 radical (unpaired) electrons. The summed E-state index contributed by atoms with van der Waals surface area (Å²) in [6.07, 6.45) is 2.88. The van der Waals surface area contributed by atoms with Crippen molar-refractivity contribution in [1.29, 1.82) is 0 Å². The van der Waals surface area contributed by atoms with Crippen LogP contribution in [0.3, 0.4) is 0 Å². The van der Waals surface area contributed by atoms with Crippen LogP contribution >= 0.6 is 11.6 Å². The van der Waals surface area contributed by atoms with E-state index in [4.69, 9.17) is 22.1 Å². The fraction of sp³-hybridized carbons (Fsp3) is 0.533. The van der Waals surface area contributed by atoms with E-state index in [2.05, 4.69) is 19.2 Å². The van der Waals surface area contributed by atoms with Crippen LogP contribution in [0.5, 0.6) is 0 Å². The van der Waals surface area contributed by atoms with E-state index in [0.717, 1.165) is 31.6 Å². The lowest BCUT2D eigenvalue weighted by atomic mass is 9.90. The molecule has 1 aromatic carbocycles. The first-order chi connectivity index (χ1) is 9.43. The average Bonchev–Trinajstić information content (AvgIpc) is 2.41. The Balaban J connectivity index is 2.10. The largest absolute Gasteiger partial charge is 0.382 e. The number of carbonyl (C=O) groups is 1. The van der Waals surface area contributed by atoms with Crippen LogP contribution in [0.25, 0.3) is 0 Å². The summed E-state index contributed by atoms with van der Waals surface area (Å²) in [5, 5.41) is 3.83. The molecule has 20 heavy (non-hydrogen) atoms. The zero-order valence-electron chi connectivity index (χ0n) is 11.9. The maximum absolute atomic E-state index is 11.3. The van der Waals surface area contributed by atoms with E-state index in [1.165, 1.54) is 0 Å². The molecule has 0 saturated carbocycles. The van der Waals surface area contributed by atoms with Gasteiger partial charge in [-0.05, 0) is 44.4 Å². The molecular weight excluding hydrogens is 276 g/mol. The Morgan fingerprint density at radius 2 is 2.35 bits per heavy atom. The molecule has 5 heteroatoms. The van der Waals surface area contributed by atoms with Crippen LogP contribution in [0.1, 0.15) is 43.5 Å². The van der Waals surface area contributed by atoms with Crippen molar-refractivity contribution in [3.63, 3.8) is 0 Å². The minimum atomic E-state index is -0.510. The van der Waals surface area contributed by atoms with Gasteiger partial charge in [-0.2, -0.15) is 0 Å². The van der Waals surface area contributed by atoms with Crippen molar-refractivity contribution >= 4 is 23.2 Å². The molecule has 4 nitrogen and oxygen atoms in total. The number of nitrogens with two attached hydrogens (primary N) is 1. The minimum Gasteiger partial charge on any atom is -0.382 e. The summed E-state index contributed by atoms with van der Waals surface area (Å²) in [4.78, 5) is 11.3. The number of amides is 1. The molecule has 1 fully saturated rings. The van der Waals surface area contributed by atoms with Gasteiger partial charge < -0.3 is 15.8 Å². The zero-order valence-corrected chi connectivity index (χ0v) is 12.7. The van der Waals surface area contributed by atoms with E-state index in [1.54, 1.807) is 12.1 Å². The van der Waals surface area contributed by atoms with Crippen LogP contribution in [0.4, 0.5) is 5.69 Å². The third-order valence-corrected chi connectivity index (χ3v) is 4.28. The van der Waals surface area contributed by atoms with E-state index in [1.807, 2.05) is 6.07 Å². The van der Waals surface area contributed by atoms with Gasteiger partial charge in [-0.3, -0.25) is 4.79 Å². The second-order valence-electron chi connectivity index (χ2n) is 5.54. The molecule has 2 atom stereocenters. The monoisotopic (exact) mass is 296 g/mol. The Morgan fingerprint density at radius 1 is 1.60 bits per heavy atom. The molecule has 0 aliphatic carbocycles. The lowest BCUT2D eigenvalue weighted by Gasteiger charge is -2.38. The van der Waals surface area contributed by atoms with Gasteiger partial charge in [0.15, 0.2) is 0 Å². The maximum Gasteiger partial charge on any atom is 0.250 e. The van der Waals surface area contributed by atoms with Gasteiger partial charge in [-0.15, -0.1) is 0 Å². The Kier molecular flexibility index (Phi) is 4.55. The number of nitrogens with one attached hydrogen (secondary N) is 1. The van der Waals surface area contributed by atoms with Crippen LogP contribution in [0.15, 0.2) is 18.2 Å². The van der Waals surface area contributed by atoms with Gasteiger partial charge in [0, 0.05) is 18.3 Å². The summed E-state index contributed by atoms with van der Waals surface area (Å²) >= 11 is 5.95. The number of hydrogen-bond acceptors (Lipinski definition) is 3. The van der Waals surface area contributed by atoms with Gasteiger partial charge in [-0.1, -0.05) is 18.5 Å². The number of ether oxygens (including phenoxy) is 1. The summed E-state index contributed by atoms with van der Waals surface area (Å²) in [5.74, 6) is -0.510. The summed E-state index contributed by atoms with van der Waals surface area (Å²) in [6.45, 7) is 5.02. The molecular formula is C15H21ClN2O2. The van der Waals surface area contributed by atoms with Crippen LogP contribution in [-0.2, 0) is 4.74 Å². The molecule has 1 aliphatic heterocycles. The van der Waals surface area contributed by atoms with Crippen molar-refractivity contribution in [2.24, 2.45) is 5.73 Å². The number of hydrogen-bond donors (Lipinski definition) is 2. The van der Waals surface area contributed by atoms with Gasteiger partial charge in [0.2, 0.25) is 5.91 Å². The summed E-state index contributed by atoms with van der Waals surface area (Å²) in [5.41, 5.74) is 6.45. The normalized spacial score (nSPS) is 26.2. The van der Waals surface area contributed by atoms with Crippen molar-refractivity contribution in [1.82, 2.24) is 0 Å². The van der Waals surface area contributed by atoms with E-state index in [0.29, 0.717) is 16.6 Å². The Hall–Kier alpha value is -1.26. The number of primary amides is 1. The zero-order chi connectivity index (χ0) is 14.8. The number of carbonyl (C=O) groups excluding carboxylic acids is 1. The third kappa shape index (κ3) is 3.44. The summed E-state index contributed by atoms with van der Waals surface area (Å²) < 4.78 is 5.83. The Morgan fingerprint density at radius 3 is 3.00 bits per heavy atom. The molecule has 1 saturated heterocycles. The lowest BCUT2D eigenvalue weighted by molar-refractivity contribution is -0.0708. The molecule has 0 bridgehead atoms. The van der Waals surface area contributed by atoms with Crippen LogP contribution in [-0.4, -0.2) is 24.2 Å². The fourth-order valence-electron chi connectivity index (χ4n) is 2.54. The summed E-state index contributed by atoms with van der Waals surface area (Å²) in [7, 11) is 0. The second-order valence-corrected chi connectivity index (χ2v) is 5.95. The van der Waals surface area contributed by atoms with Crippen molar-refractivity contribution < 1.29 is 9.53 Å². The van der Waals surface area contributed by atoms with Crippen molar-refractivity contribution in [2.45, 2.75) is 44.8 Å². The SMILES string of the molecule is CCC1(C)CC(Nc2ccc(Cl)c(C(N)=O)c2)CCO1. The number of benzene rings is 1. The van der Waals surface area contributed by atoms with E-state index in [9.17, 15) is 4.79 Å². The first-order valence-corrected chi connectivity index (χ1v) is 7.31. The predicted octanol–water partition coefficient (Wildman–Crippen LogP) is 3.20. The average molecular weight is 297 g/mol. The van der Waals surface area contributed by atoms with Gasteiger partial charge in [-0.25, -0.2) is 0 Å². The quantitative estimate of drug-likeness (QED) is 0.897. The summed E-state index contributed by atoms with van der Waals surface area (Å²) in [6, 6.07) is 5.61. The molecule has 1 aromatic rings. The first-order valence-electron chi connectivity index (χ1n) is 6.93. The minimum absolute atomic E-state index is 0.0745. The van der Waals surface area contributed by atoms with Gasteiger partial charge in [0.1, 0.15) is 0 Å². The third-order valence-electron chi connectivity index (χ3n) is 3.95. The second kappa shape index (κ2) is 6.02.